The molecule has 0 bridgehead atoms. The lowest BCUT2D eigenvalue weighted by atomic mass is 10.1. The molecule has 0 spiro atoms. The third-order valence-electron chi connectivity index (χ3n) is 5.63. The van der Waals surface area contributed by atoms with Crippen LogP contribution in [0.25, 0.3) is 0 Å². The zero-order valence-corrected chi connectivity index (χ0v) is 19.2. The van der Waals surface area contributed by atoms with E-state index >= 15 is 0 Å². The van der Waals surface area contributed by atoms with Gasteiger partial charge in [0.1, 0.15) is 12.7 Å². The van der Waals surface area contributed by atoms with Crippen LogP contribution in [0.4, 0.5) is 0 Å². The van der Waals surface area contributed by atoms with Crippen molar-refractivity contribution in [3.8, 4) is 11.5 Å². The Labute approximate surface area is 185 Å². The summed E-state index contributed by atoms with van der Waals surface area (Å²) < 4.78 is 16.7. The van der Waals surface area contributed by atoms with Crippen molar-refractivity contribution >= 4 is 0 Å². The van der Waals surface area contributed by atoms with Gasteiger partial charge in [-0.1, -0.05) is 30.5 Å². The molecule has 2 heterocycles. The molecule has 0 unspecified atom stereocenters. The van der Waals surface area contributed by atoms with E-state index in [1.54, 1.807) is 7.11 Å². The lowest BCUT2D eigenvalue weighted by Crippen LogP contribution is -2.37. The molecule has 2 aromatic rings. The SMILES string of the molecule is COc1cc(CN(C)Cc2cc(C)no2)ccc1OC[C@@H](O)CN1CCCCCCC1. The van der Waals surface area contributed by atoms with Gasteiger partial charge in [-0.3, -0.25) is 4.90 Å². The Morgan fingerprint density at radius 1 is 1.10 bits per heavy atom. The summed E-state index contributed by atoms with van der Waals surface area (Å²) in [5.41, 5.74) is 2.00. The first kappa shape index (κ1) is 23.6. The Morgan fingerprint density at radius 2 is 1.84 bits per heavy atom. The molecule has 1 fully saturated rings. The summed E-state index contributed by atoms with van der Waals surface area (Å²) in [6.45, 7) is 6.40. The monoisotopic (exact) mass is 431 g/mol. The average Bonchev–Trinajstić information content (AvgIpc) is 3.13. The minimum atomic E-state index is -0.514. The van der Waals surface area contributed by atoms with Crippen LogP contribution in [0.3, 0.4) is 0 Å². The quantitative estimate of drug-likeness (QED) is 0.616. The van der Waals surface area contributed by atoms with Gasteiger partial charge >= 0.3 is 0 Å². The van der Waals surface area contributed by atoms with Crippen LogP contribution in [0.5, 0.6) is 11.5 Å². The van der Waals surface area contributed by atoms with Crippen LogP contribution >= 0.6 is 0 Å². The molecule has 1 aliphatic heterocycles. The molecule has 0 saturated carbocycles. The van der Waals surface area contributed by atoms with Crippen molar-refractivity contribution in [3.05, 3.63) is 41.3 Å². The van der Waals surface area contributed by atoms with Crippen LogP contribution in [0.15, 0.2) is 28.8 Å². The maximum absolute atomic E-state index is 10.5. The highest BCUT2D eigenvalue weighted by Gasteiger charge is 2.15. The number of β-amino-alcohol motifs (C(OH)–C–C–N with tert-alkyl or cyclic N) is 1. The highest BCUT2D eigenvalue weighted by atomic mass is 16.5. The highest BCUT2D eigenvalue weighted by molar-refractivity contribution is 5.43. The van der Waals surface area contributed by atoms with Gasteiger partial charge in [0, 0.05) is 19.2 Å². The summed E-state index contributed by atoms with van der Waals surface area (Å²) in [6, 6.07) is 7.89. The molecular weight excluding hydrogens is 394 g/mol. The van der Waals surface area contributed by atoms with E-state index in [2.05, 4.69) is 15.0 Å². The van der Waals surface area contributed by atoms with Gasteiger partial charge in [-0.15, -0.1) is 0 Å². The summed E-state index contributed by atoms with van der Waals surface area (Å²) in [7, 11) is 3.68. The number of aromatic nitrogens is 1. The number of hydrogen-bond donors (Lipinski definition) is 1. The molecule has 31 heavy (non-hydrogen) atoms. The van der Waals surface area contributed by atoms with Gasteiger partial charge in [0.25, 0.3) is 0 Å². The van der Waals surface area contributed by atoms with Gasteiger partial charge in [0.2, 0.25) is 0 Å². The molecule has 172 valence electrons. The molecule has 1 aromatic heterocycles. The Morgan fingerprint density at radius 3 is 2.52 bits per heavy atom. The third kappa shape index (κ3) is 7.83. The first-order valence-electron chi connectivity index (χ1n) is 11.3. The van der Waals surface area contributed by atoms with Gasteiger partial charge < -0.3 is 24.0 Å². The Kier molecular flexibility index (Phi) is 9.18. The number of nitrogens with zero attached hydrogens (tertiary/aromatic N) is 3. The first-order valence-corrected chi connectivity index (χ1v) is 11.3. The van der Waals surface area contributed by atoms with E-state index in [-0.39, 0.29) is 6.61 Å². The van der Waals surface area contributed by atoms with Crippen molar-refractivity contribution in [1.29, 1.82) is 0 Å². The van der Waals surface area contributed by atoms with Gasteiger partial charge in [-0.05, 0) is 57.6 Å². The van der Waals surface area contributed by atoms with Gasteiger partial charge in [-0.2, -0.15) is 0 Å². The maximum Gasteiger partial charge on any atom is 0.161 e. The maximum atomic E-state index is 10.5. The second kappa shape index (κ2) is 12.1. The van der Waals surface area contributed by atoms with Crippen LogP contribution in [-0.4, -0.2) is 66.6 Å². The van der Waals surface area contributed by atoms with E-state index in [4.69, 9.17) is 14.0 Å². The first-order chi connectivity index (χ1) is 15.0. The number of aliphatic hydroxyl groups excluding tert-OH is 1. The number of methoxy groups -OCH3 is 1. The lowest BCUT2D eigenvalue weighted by molar-refractivity contribution is 0.0645. The molecule has 1 saturated heterocycles. The molecule has 1 aliphatic rings. The van der Waals surface area contributed by atoms with E-state index in [1.807, 2.05) is 38.2 Å². The lowest BCUT2D eigenvalue weighted by Gasteiger charge is -2.26. The van der Waals surface area contributed by atoms with Gasteiger partial charge in [0.15, 0.2) is 17.3 Å². The van der Waals surface area contributed by atoms with E-state index in [9.17, 15) is 5.11 Å². The fourth-order valence-electron chi connectivity index (χ4n) is 4.09. The van der Waals surface area contributed by atoms with E-state index in [0.29, 0.717) is 24.6 Å². The minimum absolute atomic E-state index is 0.261. The number of rotatable bonds is 10. The normalized spacial score (nSPS) is 16.7. The number of aryl methyl sites for hydroxylation is 1. The van der Waals surface area contributed by atoms with E-state index in [0.717, 1.165) is 36.7 Å². The molecule has 7 heteroatoms. The Balaban J connectivity index is 1.49. The summed E-state index contributed by atoms with van der Waals surface area (Å²) in [4.78, 5) is 4.52. The molecule has 3 rings (SSSR count). The predicted molar refractivity (Wildman–Crippen MR) is 120 cm³/mol. The predicted octanol–water partition coefficient (Wildman–Crippen LogP) is 3.63. The van der Waals surface area contributed by atoms with Crippen LogP contribution in [-0.2, 0) is 13.1 Å². The molecule has 0 amide bonds. The number of ether oxygens (including phenoxy) is 2. The number of likely N-dealkylation sites (tertiary alicyclic amines) is 1. The third-order valence-corrected chi connectivity index (χ3v) is 5.63. The van der Waals surface area contributed by atoms with Gasteiger partial charge in [0.05, 0.1) is 19.3 Å². The largest absolute Gasteiger partial charge is 0.493 e. The van der Waals surface area contributed by atoms with Crippen molar-refractivity contribution < 1.29 is 19.1 Å². The fraction of sp³-hybridized carbons (Fsp3) is 0.625. The Hall–Kier alpha value is -2.09. The summed E-state index contributed by atoms with van der Waals surface area (Å²) in [5.74, 6) is 2.19. The molecule has 1 N–H and O–H groups in total. The zero-order chi connectivity index (χ0) is 22.1. The second-order valence-electron chi connectivity index (χ2n) is 8.63. The van der Waals surface area contributed by atoms with Crippen molar-refractivity contribution in [3.63, 3.8) is 0 Å². The highest BCUT2D eigenvalue weighted by Crippen LogP contribution is 2.29. The zero-order valence-electron chi connectivity index (χ0n) is 19.2. The summed E-state index contributed by atoms with van der Waals surface area (Å²) in [5, 5.41) is 14.4. The molecule has 1 atom stereocenters. The van der Waals surface area contributed by atoms with Crippen molar-refractivity contribution in [2.75, 3.05) is 40.4 Å². The minimum Gasteiger partial charge on any atom is -0.493 e. The molecule has 0 radical (unpaired) electrons. The standard InChI is InChI=1S/C24H37N3O4/c1-19-13-22(31-25-19)17-26(2)15-20-9-10-23(24(14-20)29-3)30-18-21(28)16-27-11-7-5-4-6-8-12-27/h9-10,13-14,21,28H,4-8,11-12,15-18H2,1-3H3/t21-/m0/s1. The van der Waals surface area contributed by atoms with Gasteiger partial charge in [-0.25, -0.2) is 0 Å². The number of benzene rings is 1. The average molecular weight is 432 g/mol. The summed E-state index contributed by atoms with van der Waals surface area (Å²) >= 11 is 0. The van der Waals surface area contributed by atoms with Crippen LogP contribution in [0, 0.1) is 6.92 Å². The van der Waals surface area contributed by atoms with E-state index in [1.165, 1.54) is 32.1 Å². The van der Waals surface area contributed by atoms with Crippen LogP contribution in [0.2, 0.25) is 0 Å². The van der Waals surface area contributed by atoms with Crippen molar-refractivity contribution in [2.24, 2.45) is 0 Å². The van der Waals surface area contributed by atoms with Crippen molar-refractivity contribution in [1.82, 2.24) is 15.0 Å². The molecule has 0 aliphatic carbocycles. The molecule has 1 aromatic carbocycles. The molecule has 7 nitrogen and oxygen atoms in total. The summed E-state index contributed by atoms with van der Waals surface area (Å²) in [6.07, 6.45) is 5.84. The van der Waals surface area contributed by atoms with Crippen molar-refractivity contribution in [2.45, 2.75) is 58.2 Å². The fourth-order valence-corrected chi connectivity index (χ4v) is 4.09. The Bertz CT molecular complexity index is 787. The number of aliphatic hydroxyl groups is 1. The topological polar surface area (TPSA) is 71.2 Å². The van der Waals surface area contributed by atoms with E-state index < -0.39 is 6.10 Å². The second-order valence-corrected chi connectivity index (χ2v) is 8.63. The van der Waals surface area contributed by atoms with Crippen LogP contribution in [0.1, 0.15) is 49.1 Å². The number of hydrogen-bond acceptors (Lipinski definition) is 7. The molecular formula is C24H37N3O4. The van der Waals surface area contributed by atoms with Crippen LogP contribution < -0.4 is 9.47 Å². The smallest absolute Gasteiger partial charge is 0.161 e.